The van der Waals surface area contributed by atoms with Crippen LogP contribution in [-0.2, 0) is 0 Å². The maximum Gasteiger partial charge on any atom is 0.296 e. The number of nitro groups is 1. The summed E-state index contributed by atoms with van der Waals surface area (Å²) < 4.78 is 0. The van der Waals surface area contributed by atoms with Crippen molar-refractivity contribution in [1.29, 1.82) is 0 Å². The van der Waals surface area contributed by atoms with Crippen molar-refractivity contribution in [3.05, 3.63) is 28.3 Å². The Balaban J connectivity index is 2.20. The molecule has 1 fully saturated rings. The second-order valence-corrected chi connectivity index (χ2v) is 4.81. The first-order chi connectivity index (χ1) is 8.61. The molecule has 1 saturated carbocycles. The van der Waals surface area contributed by atoms with Gasteiger partial charge in [0.05, 0.1) is 11.0 Å². The highest BCUT2D eigenvalue weighted by Crippen LogP contribution is 2.34. The number of anilines is 1. The van der Waals surface area contributed by atoms with E-state index in [1.807, 2.05) is 0 Å². The lowest BCUT2D eigenvalue weighted by atomic mass is 10.0. The molecule has 0 radical (unpaired) electrons. The van der Waals surface area contributed by atoms with Gasteiger partial charge in [-0.05, 0) is 30.9 Å². The normalized spacial score (nSPS) is 22.9. The summed E-state index contributed by atoms with van der Waals surface area (Å²) in [6.45, 7) is 2.15. The molecule has 0 amide bonds. The molecule has 2 unspecified atom stereocenters. The molecule has 0 spiro atoms. The van der Waals surface area contributed by atoms with Crippen molar-refractivity contribution >= 4 is 11.4 Å². The van der Waals surface area contributed by atoms with Gasteiger partial charge >= 0.3 is 0 Å². The molecular weight excluding hydrogens is 232 g/mol. The zero-order chi connectivity index (χ0) is 13.1. The van der Waals surface area contributed by atoms with Gasteiger partial charge in [0.15, 0.2) is 0 Å². The van der Waals surface area contributed by atoms with E-state index in [4.69, 9.17) is 0 Å². The second-order valence-electron chi connectivity index (χ2n) is 4.81. The van der Waals surface area contributed by atoms with E-state index in [0.29, 0.717) is 17.6 Å². The number of nitrogens with one attached hydrogen (secondary N) is 1. The van der Waals surface area contributed by atoms with Gasteiger partial charge in [-0.25, -0.2) is 0 Å². The number of phenolic OH excluding ortho intramolecular Hbond substituents is 1. The summed E-state index contributed by atoms with van der Waals surface area (Å²) in [7, 11) is 0. The maximum atomic E-state index is 11.0. The van der Waals surface area contributed by atoms with Crippen LogP contribution in [0.4, 0.5) is 11.4 Å². The van der Waals surface area contributed by atoms with Gasteiger partial charge in [-0.3, -0.25) is 10.1 Å². The Morgan fingerprint density at radius 3 is 2.94 bits per heavy atom. The van der Waals surface area contributed by atoms with Crippen molar-refractivity contribution < 1.29 is 10.0 Å². The summed E-state index contributed by atoms with van der Waals surface area (Å²) in [6, 6.07) is 4.56. The molecule has 0 saturated heterocycles. The molecule has 1 aliphatic carbocycles. The number of rotatable bonds is 4. The monoisotopic (exact) mass is 250 g/mol. The van der Waals surface area contributed by atoms with Gasteiger partial charge in [-0.1, -0.05) is 19.8 Å². The van der Waals surface area contributed by atoms with E-state index >= 15 is 0 Å². The molecule has 0 bridgehead atoms. The lowest BCUT2D eigenvalue weighted by Gasteiger charge is -2.20. The fourth-order valence-electron chi connectivity index (χ4n) is 2.71. The number of nitro benzene ring substituents is 1. The fourth-order valence-corrected chi connectivity index (χ4v) is 2.71. The van der Waals surface area contributed by atoms with Gasteiger partial charge in [0.1, 0.15) is 11.4 Å². The van der Waals surface area contributed by atoms with E-state index in [2.05, 4.69) is 12.2 Å². The number of hydrogen-bond acceptors (Lipinski definition) is 4. The van der Waals surface area contributed by atoms with Crippen LogP contribution in [0, 0.1) is 16.0 Å². The summed E-state index contributed by atoms with van der Waals surface area (Å²) in [4.78, 5) is 10.5. The Morgan fingerprint density at radius 1 is 1.50 bits per heavy atom. The highest BCUT2D eigenvalue weighted by Gasteiger charge is 2.27. The van der Waals surface area contributed by atoms with E-state index in [-0.39, 0.29) is 11.4 Å². The molecule has 1 aliphatic rings. The third-order valence-corrected chi connectivity index (χ3v) is 3.70. The number of hydrogen-bond donors (Lipinski definition) is 2. The Labute approximate surface area is 106 Å². The van der Waals surface area contributed by atoms with Crippen molar-refractivity contribution in [2.24, 2.45) is 5.92 Å². The lowest BCUT2D eigenvalue weighted by Crippen LogP contribution is -2.23. The topological polar surface area (TPSA) is 75.4 Å². The Kier molecular flexibility index (Phi) is 3.69. The van der Waals surface area contributed by atoms with Crippen molar-refractivity contribution in [1.82, 2.24) is 0 Å². The number of phenols is 1. The summed E-state index contributed by atoms with van der Waals surface area (Å²) in [5, 5.41) is 23.5. The van der Waals surface area contributed by atoms with Gasteiger partial charge in [-0.2, -0.15) is 0 Å². The summed E-state index contributed by atoms with van der Waals surface area (Å²) in [5.41, 5.74) is 0.444. The standard InChI is InChI=1S/C13H18N2O3/c1-2-9-4-3-5-11(9)14-12-7-6-10(16)8-13(12)15(17)18/h6-9,11,14,16H,2-5H2,1H3. The molecule has 0 aliphatic heterocycles. The Morgan fingerprint density at radius 2 is 2.28 bits per heavy atom. The molecule has 5 nitrogen and oxygen atoms in total. The second kappa shape index (κ2) is 5.25. The minimum atomic E-state index is -0.460. The highest BCUT2D eigenvalue weighted by molar-refractivity contribution is 5.64. The maximum absolute atomic E-state index is 11.0. The molecule has 0 aromatic heterocycles. The molecule has 2 N–H and O–H groups in total. The SMILES string of the molecule is CCC1CCCC1Nc1ccc(O)cc1[N+](=O)[O-]. The van der Waals surface area contributed by atoms with Crippen molar-refractivity contribution in [2.45, 2.75) is 38.6 Å². The fraction of sp³-hybridized carbons (Fsp3) is 0.538. The molecule has 1 aromatic rings. The average molecular weight is 250 g/mol. The van der Waals surface area contributed by atoms with Crippen molar-refractivity contribution in [3.8, 4) is 5.75 Å². The van der Waals surface area contributed by atoms with Gasteiger partial charge in [0, 0.05) is 6.04 Å². The van der Waals surface area contributed by atoms with Crippen LogP contribution in [0.2, 0.25) is 0 Å². The van der Waals surface area contributed by atoms with E-state index < -0.39 is 4.92 Å². The van der Waals surface area contributed by atoms with Gasteiger partial charge in [-0.15, -0.1) is 0 Å². The molecule has 0 heterocycles. The minimum Gasteiger partial charge on any atom is -0.508 e. The number of benzene rings is 1. The molecule has 2 rings (SSSR count). The van der Waals surface area contributed by atoms with Crippen LogP contribution < -0.4 is 5.32 Å². The van der Waals surface area contributed by atoms with Crippen LogP contribution >= 0.6 is 0 Å². The predicted molar refractivity (Wildman–Crippen MR) is 69.8 cm³/mol. The first kappa shape index (κ1) is 12.7. The largest absolute Gasteiger partial charge is 0.508 e. The van der Waals surface area contributed by atoms with Gasteiger partial charge < -0.3 is 10.4 Å². The van der Waals surface area contributed by atoms with Crippen molar-refractivity contribution in [2.75, 3.05) is 5.32 Å². The van der Waals surface area contributed by atoms with Crippen LogP contribution in [0.5, 0.6) is 5.75 Å². The first-order valence-electron chi connectivity index (χ1n) is 6.35. The molecule has 18 heavy (non-hydrogen) atoms. The minimum absolute atomic E-state index is 0.0586. The third kappa shape index (κ3) is 2.55. The average Bonchev–Trinajstić information content (AvgIpc) is 2.78. The van der Waals surface area contributed by atoms with E-state index in [0.717, 1.165) is 12.8 Å². The summed E-state index contributed by atoms with van der Waals surface area (Å²) in [6.07, 6.45) is 4.49. The van der Waals surface area contributed by atoms with Crippen LogP contribution in [0.1, 0.15) is 32.6 Å². The van der Waals surface area contributed by atoms with E-state index in [1.54, 1.807) is 6.07 Å². The van der Waals surface area contributed by atoms with Crippen LogP contribution in [0.25, 0.3) is 0 Å². The smallest absolute Gasteiger partial charge is 0.296 e. The zero-order valence-corrected chi connectivity index (χ0v) is 10.4. The first-order valence-corrected chi connectivity index (χ1v) is 6.35. The predicted octanol–water partition coefficient (Wildman–Crippen LogP) is 3.29. The quantitative estimate of drug-likeness (QED) is 0.488. The lowest BCUT2D eigenvalue weighted by molar-refractivity contribution is -0.384. The van der Waals surface area contributed by atoms with Crippen LogP contribution in [0.15, 0.2) is 18.2 Å². The molecule has 2 atom stereocenters. The van der Waals surface area contributed by atoms with Crippen LogP contribution in [-0.4, -0.2) is 16.1 Å². The molecule has 5 heteroatoms. The summed E-state index contributed by atoms with van der Waals surface area (Å²) >= 11 is 0. The van der Waals surface area contributed by atoms with Gasteiger partial charge in [0.2, 0.25) is 0 Å². The number of nitrogens with zero attached hydrogens (tertiary/aromatic N) is 1. The highest BCUT2D eigenvalue weighted by atomic mass is 16.6. The van der Waals surface area contributed by atoms with E-state index in [1.165, 1.54) is 25.0 Å². The Bertz CT molecular complexity index is 448. The summed E-state index contributed by atoms with van der Waals surface area (Å²) in [5.74, 6) is 0.504. The number of aromatic hydroxyl groups is 1. The third-order valence-electron chi connectivity index (χ3n) is 3.70. The van der Waals surface area contributed by atoms with Gasteiger partial charge in [0.25, 0.3) is 5.69 Å². The molecular formula is C13H18N2O3. The molecule has 1 aromatic carbocycles. The van der Waals surface area contributed by atoms with E-state index in [9.17, 15) is 15.2 Å². The molecule has 98 valence electrons. The zero-order valence-electron chi connectivity index (χ0n) is 10.4. The van der Waals surface area contributed by atoms with Crippen LogP contribution in [0.3, 0.4) is 0 Å². The Hall–Kier alpha value is -1.78. The van der Waals surface area contributed by atoms with Crippen molar-refractivity contribution in [3.63, 3.8) is 0 Å².